The summed E-state index contributed by atoms with van der Waals surface area (Å²) < 4.78 is 10.2. The lowest BCUT2D eigenvalue weighted by molar-refractivity contribution is 0.0996. The maximum absolute atomic E-state index is 11.9. The van der Waals surface area contributed by atoms with E-state index in [0.29, 0.717) is 22.9 Å². The number of benzene rings is 1. The number of nitrogens with two attached hydrogens (primary N) is 1. The Labute approximate surface area is 105 Å². The normalized spacial score (nSPS) is 10.1. The lowest BCUT2D eigenvalue weighted by Crippen LogP contribution is -2.12. The summed E-state index contributed by atoms with van der Waals surface area (Å²) in [6.45, 7) is 1.81. The summed E-state index contributed by atoms with van der Waals surface area (Å²) in [5.41, 5.74) is 7.60. The van der Waals surface area contributed by atoms with E-state index in [1.165, 1.54) is 13.4 Å². The number of carbonyl (C=O) groups excluding carboxylic acids is 1. The molecule has 0 spiro atoms. The van der Waals surface area contributed by atoms with Crippen LogP contribution in [-0.2, 0) is 0 Å². The summed E-state index contributed by atoms with van der Waals surface area (Å²) in [6.07, 6.45) is 1.48. The number of aryl methyl sites for hydroxylation is 1. The molecule has 0 radical (unpaired) electrons. The van der Waals surface area contributed by atoms with Crippen LogP contribution in [0.4, 0.5) is 11.4 Å². The number of methoxy groups -OCH3 is 1. The Bertz CT molecular complexity index is 575. The molecule has 3 N–H and O–H groups in total. The summed E-state index contributed by atoms with van der Waals surface area (Å²) in [7, 11) is 1.52. The second-order valence-electron chi connectivity index (χ2n) is 3.84. The van der Waals surface area contributed by atoms with Gasteiger partial charge >= 0.3 is 0 Å². The maximum atomic E-state index is 11.9. The SMILES string of the molecule is COc1cc(NC(=O)c2occc2C)ccc1N. The fourth-order valence-electron chi connectivity index (χ4n) is 1.58. The zero-order valence-electron chi connectivity index (χ0n) is 10.2. The number of hydrogen-bond acceptors (Lipinski definition) is 4. The highest BCUT2D eigenvalue weighted by Crippen LogP contribution is 2.25. The van der Waals surface area contributed by atoms with Crippen molar-refractivity contribution in [1.82, 2.24) is 0 Å². The van der Waals surface area contributed by atoms with Crippen molar-refractivity contribution < 1.29 is 13.9 Å². The third kappa shape index (κ3) is 2.29. The number of amides is 1. The second-order valence-corrected chi connectivity index (χ2v) is 3.84. The molecule has 2 aromatic rings. The van der Waals surface area contributed by atoms with Crippen LogP contribution in [0.1, 0.15) is 16.1 Å². The summed E-state index contributed by atoms with van der Waals surface area (Å²) in [4.78, 5) is 11.9. The van der Waals surface area contributed by atoms with E-state index in [2.05, 4.69) is 5.32 Å². The zero-order valence-corrected chi connectivity index (χ0v) is 10.2. The van der Waals surface area contributed by atoms with Gasteiger partial charge in [0, 0.05) is 17.3 Å². The summed E-state index contributed by atoms with van der Waals surface area (Å²) in [5.74, 6) is 0.513. The molecule has 1 aromatic heterocycles. The zero-order chi connectivity index (χ0) is 13.1. The third-order valence-corrected chi connectivity index (χ3v) is 2.56. The number of nitrogens with one attached hydrogen (secondary N) is 1. The van der Waals surface area contributed by atoms with Gasteiger partial charge in [0.2, 0.25) is 0 Å². The number of hydrogen-bond donors (Lipinski definition) is 2. The van der Waals surface area contributed by atoms with E-state index >= 15 is 0 Å². The van der Waals surface area contributed by atoms with E-state index in [1.54, 1.807) is 24.3 Å². The highest BCUT2D eigenvalue weighted by atomic mass is 16.5. The molecule has 0 saturated carbocycles. The van der Waals surface area contributed by atoms with Crippen LogP contribution in [0.15, 0.2) is 34.9 Å². The Morgan fingerprint density at radius 3 is 2.78 bits per heavy atom. The molecule has 0 aliphatic rings. The molecule has 1 heterocycles. The Balaban J connectivity index is 2.20. The van der Waals surface area contributed by atoms with Gasteiger partial charge in [-0.1, -0.05) is 0 Å². The van der Waals surface area contributed by atoms with Gasteiger partial charge in [0.05, 0.1) is 19.1 Å². The van der Waals surface area contributed by atoms with Crippen LogP contribution in [0, 0.1) is 6.92 Å². The predicted octanol–water partition coefficient (Wildman–Crippen LogP) is 2.43. The van der Waals surface area contributed by atoms with Crippen molar-refractivity contribution in [2.45, 2.75) is 6.92 Å². The van der Waals surface area contributed by atoms with Crippen molar-refractivity contribution in [2.24, 2.45) is 0 Å². The highest BCUT2D eigenvalue weighted by Gasteiger charge is 2.13. The molecule has 0 unspecified atom stereocenters. The van der Waals surface area contributed by atoms with Gasteiger partial charge in [0.1, 0.15) is 5.75 Å². The molecule has 5 heteroatoms. The molecule has 0 saturated heterocycles. The van der Waals surface area contributed by atoms with E-state index < -0.39 is 0 Å². The molecule has 94 valence electrons. The highest BCUT2D eigenvalue weighted by molar-refractivity contribution is 6.03. The average molecular weight is 246 g/mol. The van der Waals surface area contributed by atoms with Gasteiger partial charge in [-0.25, -0.2) is 0 Å². The fourth-order valence-corrected chi connectivity index (χ4v) is 1.58. The van der Waals surface area contributed by atoms with E-state index in [9.17, 15) is 4.79 Å². The first-order valence-electron chi connectivity index (χ1n) is 5.41. The Hall–Kier alpha value is -2.43. The lowest BCUT2D eigenvalue weighted by Gasteiger charge is -2.08. The van der Waals surface area contributed by atoms with Crippen molar-refractivity contribution in [2.75, 3.05) is 18.2 Å². The number of carbonyl (C=O) groups is 1. The molecule has 1 aromatic carbocycles. The van der Waals surface area contributed by atoms with Crippen molar-refractivity contribution in [3.63, 3.8) is 0 Å². The largest absolute Gasteiger partial charge is 0.495 e. The molecular formula is C13H14N2O3. The van der Waals surface area contributed by atoms with Gasteiger partial charge in [-0.15, -0.1) is 0 Å². The third-order valence-electron chi connectivity index (χ3n) is 2.56. The van der Waals surface area contributed by atoms with Crippen LogP contribution >= 0.6 is 0 Å². The minimum Gasteiger partial charge on any atom is -0.495 e. The topological polar surface area (TPSA) is 77.5 Å². The number of nitrogen functional groups attached to an aromatic ring is 1. The quantitative estimate of drug-likeness (QED) is 0.815. The van der Waals surface area contributed by atoms with Gasteiger partial charge in [0.15, 0.2) is 5.76 Å². The number of rotatable bonds is 3. The first kappa shape index (κ1) is 12.0. The van der Waals surface area contributed by atoms with Crippen LogP contribution < -0.4 is 15.8 Å². The molecule has 0 atom stereocenters. The van der Waals surface area contributed by atoms with Gasteiger partial charge in [0.25, 0.3) is 5.91 Å². The van der Waals surface area contributed by atoms with E-state index in [-0.39, 0.29) is 5.91 Å². The van der Waals surface area contributed by atoms with Gasteiger partial charge < -0.3 is 20.2 Å². The second kappa shape index (κ2) is 4.83. The average Bonchev–Trinajstić information content (AvgIpc) is 2.78. The summed E-state index contributed by atoms with van der Waals surface area (Å²) >= 11 is 0. The molecule has 5 nitrogen and oxygen atoms in total. The summed E-state index contributed by atoms with van der Waals surface area (Å²) in [5, 5.41) is 2.72. The minimum absolute atomic E-state index is 0.297. The van der Waals surface area contributed by atoms with Gasteiger partial charge in [-0.2, -0.15) is 0 Å². The van der Waals surface area contributed by atoms with E-state index in [0.717, 1.165) is 5.56 Å². The van der Waals surface area contributed by atoms with Crippen LogP contribution in [-0.4, -0.2) is 13.0 Å². The lowest BCUT2D eigenvalue weighted by atomic mass is 10.2. The molecule has 2 rings (SSSR count). The number of furan rings is 1. The molecule has 0 aliphatic carbocycles. The number of anilines is 2. The van der Waals surface area contributed by atoms with Crippen LogP contribution in [0.5, 0.6) is 5.75 Å². The van der Waals surface area contributed by atoms with Crippen molar-refractivity contribution in [1.29, 1.82) is 0 Å². The first-order valence-corrected chi connectivity index (χ1v) is 5.41. The van der Waals surface area contributed by atoms with Crippen molar-refractivity contribution in [3.05, 3.63) is 41.9 Å². The standard InChI is InChI=1S/C13H14N2O3/c1-8-5-6-18-12(8)13(16)15-9-3-4-10(14)11(7-9)17-2/h3-7H,14H2,1-2H3,(H,15,16). The number of ether oxygens (including phenoxy) is 1. The van der Waals surface area contributed by atoms with Gasteiger partial charge in [-0.05, 0) is 25.1 Å². The first-order chi connectivity index (χ1) is 8.61. The Morgan fingerprint density at radius 1 is 1.39 bits per heavy atom. The van der Waals surface area contributed by atoms with Crippen LogP contribution in [0.2, 0.25) is 0 Å². The minimum atomic E-state index is -0.302. The summed E-state index contributed by atoms with van der Waals surface area (Å²) in [6, 6.07) is 6.77. The Morgan fingerprint density at radius 2 is 2.17 bits per heavy atom. The fraction of sp³-hybridized carbons (Fsp3) is 0.154. The molecule has 0 bridgehead atoms. The van der Waals surface area contributed by atoms with Crippen LogP contribution in [0.25, 0.3) is 0 Å². The molecule has 18 heavy (non-hydrogen) atoms. The molecule has 1 amide bonds. The molecule has 0 fully saturated rings. The Kier molecular flexibility index (Phi) is 3.23. The maximum Gasteiger partial charge on any atom is 0.291 e. The molecular weight excluding hydrogens is 232 g/mol. The monoisotopic (exact) mass is 246 g/mol. The smallest absolute Gasteiger partial charge is 0.291 e. The van der Waals surface area contributed by atoms with Crippen LogP contribution in [0.3, 0.4) is 0 Å². The molecule has 0 aliphatic heterocycles. The van der Waals surface area contributed by atoms with Crippen molar-refractivity contribution in [3.8, 4) is 5.75 Å². The predicted molar refractivity (Wildman–Crippen MR) is 68.8 cm³/mol. The van der Waals surface area contributed by atoms with E-state index in [1.807, 2.05) is 6.92 Å². The van der Waals surface area contributed by atoms with Gasteiger partial charge in [-0.3, -0.25) is 4.79 Å². The van der Waals surface area contributed by atoms with Crippen molar-refractivity contribution >= 4 is 17.3 Å². The van der Waals surface area contributed by atoms with E-state index in [4.69, 9.17) is 14.9 Å².